The minimum atomic E-state index is -3.19. The first kappa shape index (κ1) is 18.4. The Balaban J connectivity index is 1.82. The Morgan fingerprint density at radius 3 is 2.85 bits per heavy atom. The van der Waals surface area contributed by atoms with Gasteiger partial charge in [0.05, 0.1) is 18.4 Å². The summed E-state index contributed by atoms with van der Waals surface area (Å²) in [5.41, 5.74) is 1.54. The summed E-state index contributed by atoms with van der Waals surface area (Å²) in [5.74, 6) is -0.273. The second-order valence-electron chi connectivity index (χ2n) is 6.47. The van der Waals surface area contributed by atoms with Crippen molar-refractivity contribution in [3.63, 3.8) is 0 Å². The monoisotopic (exact) mass is 377 g/mol. The van der Waals surface area contributed by atoms with Gasteiger partial charge in [-0.1, -0.05) is 12.1 Å². The Bertz CT molecular complexity index is 927. The van der Waals surface area contributed by atoms with Crippen LogP contribution in [-0.4, -0.2) is 27.2 Å². The molecule has 1 N–H and O–H groups in total. The number of ether oxygens (including phenoxy) is 1. The molecule has 1 heterocycles. The molecule has 2 aromatic carbocycles. The van der Waals surface area contributed by atoms with Crippen LogP contribution in [0.1, 0.15) is 40.4 Å². The number of hydrogen-bond donors (Lipinski definition) is 1. The third-order valence-corrected chi connectivity index (χ3v) is 5.02. The van der Waals surface area contributed by atoms with Crippen molar-refractivity contribution in [3.05, 3.63) is 65.0 Å². The molecular weight excluding hydrogens is 357 g/mol. The molecular formula is C19H20FNO4S. The Kier molecular flexibility index (Phi) is 5.27. The number of sulfone groups is 1. The van der Waals surface area contributed by atoms with Crippen LogP contribution < -0.4 is 10.1 Å². The second kappa shape index (κ2) is 7.45. The fourth-order valence-electron chi connectivity index (χ4n) is 3.04. The summed E-state index contributed by atoms with van der Waals surface area (Å²) in [6.45, 7) is 0.509. The lowest BCUT2D eigenvalue weighted by atomic mass is 10.0. The van der Waals surface area contributed by atoms with Gasteiger partial charge in [0.1, 0.15) is 11.6 Å². The fraction of sp³-hybridized carbons (Fsp3) is 0.316. The molecule has 0 spiro atoms. The summed E-state index contributed by atoms with van der Waals surface area (Å²) in [4.78, 5) is 12.6. The molecule has 3 rings (SSSR count). The van der Waals surface area contributed by atoms with E-state index >= 15 is 0 Å². The van der Waals surface area contributed by atoms with Gasteiger partial charge in [-0.25, -0.2) is 12.8 Å². The third kappa shape index (κ3) is 4.60. The molecule has 0 aliphatic carbocycles. The number of rotatable bonds is 4. The zero-order valence-electron chi connectivity index (χ0n) is 14.4. The first-order valence-corrected chi connectivity index (χ1v) is 10.4. The standard InChI is InChI=1S/C19H20FNO4S/c1-26(23,24)12-13-4-2-5-14(10-13)19(22)21-17-6-3-9-25-18-8-7-15(20)11-16(17)18/h2,4-5,7-8,10-11,17H,3,6,9,12H2,1H3,(H,21,22)/t17-/m0/s1. The first-order chi connectivity index (χ1) is 12.3. The van der Waals surface area contributed by atoms with Gasteiger partial charge in [0.25, 0.3) is 5.91 Å². The largest absolute Gasteiger partial charge is 0.493 e. The number of nitrogens with one attached hydrogen (secondary N) is 1. The maximum Gasteiger partial charge on any atom is 0.251 e. The summed E-state index contributed by atoms with van der Waals surface area (Å²) in [7, 11) is -3.19. The molecule has 0 saturated heterocycles. The molecule has 5 nitrogen and oxygen atoms in total. The van der Waals surface area contributed by atoms with Crippen LogP contribution in [0.5, 0.6) is 5.75 Å². The van der Waals surface area contributed by atoms with E-state index in [0.29, 0.717) is 35.5 Å². The van der Waals surface area contributed by atoms with Gasteiger partial charge >= 0.3 is 0 Å². The minimum Gasteiger partial charge on any atom is -0.493 e. The van der Waals surface area contributed by atoms with Gasteiger partial charge in [0, 0.05) is 17.4 Å². The molecule has 1 aliphatic rings. The number of fused-ring (bicyclic) bond motifs is 1. The summed E-state index contributed by atoms with van der Waals surface area (Å²) in [6, 6.07) is 10.4. The molecule has 2 aromatic rings. The Hall–Kier alpha value is -2.41. The molecule has 0 aromatic heterocycles. The number of carbonyl (C=O) groups is 1. The van der Waals surface area contributed by atoms with Crippen molar-refractivity contribution >= 4 is 15.7 Å². The van der Waals surface area contributed by atoms with Crippen molar-refractivity contribution in [2.75, 3.05) is 12.9 Å². The summed E-state index contributed by atoms with van der Waals surface area (Å²) in [6.07, 6.45) is 2.51. The van der Waals surface area contributed by atoms with Crippen LogP contribution in [0.15, 0.2) is 42.5 Å². The lowest BCUT2D eigenvalue weighted by molar-refractivity contribution is 0.0934. The van der Waals surface area contributed by atoms with Crippen LogP contribution >= 0.6 is 0 Å². The lowest BCUT2D eigenvalue weighted by Crippen LogP contribution is -2.28. The fourth-order valence-corrected chi connectivity index (χ4v) is 3.83. The molecule has 0 bridgehead atoms. The number of carbonyl (C=O) groups excluding carboxylic acids is 1. The average Bonchev–Trinajstić information content (AvgIpc) is 2.76. The third-order valence-electron chi connectivity index (χ3n) is 4.17. The molecule has 1 amide bonds. The maximum atomic E-state index is 13.6. The van der Waals surface area contributed by atoms with Gasteiger partial charge in [-0.3, -0.25) is 4.79 Å². The Morgan fingerprint density at radius 1 is 1.27 bits per heavy atom. The van der Waals surface area contributed by atoms with Crippen LogP contribution in [-0.2, 0) is 15.6 Å². The van der Waals surface area contributed by atoms with E-state index in [-0.39, 0.29) is 23.5 Å². The molecule has 1 atom stereocenters. The van der Waals surface area contributed by atoms with Gasteiger partial charge in [-0.2, -0.15) is 0 Å². The van der Waals surface area contributed by atoms with Gasteiger partial charge < -0.3 is 10.1 Å². The molecule has 0 saturated carbocycles. The smallest absolute Gasteiger partial charge is 0.251 e. The highest BCUT2D eigenvalue weighted by molar-refractivity contribution is 7.89. The van der Waals surface area contributed by atoms with Gasteiger partial charge in [0.2, 0.25) is 0 Å². The minimum absolute atomic E-state index is 0.126. The van der Waals surface area contributed by atoms with Crippen LogP contribution in [0, 0.1) is 5.82 Å². The van der Waals surface area contributed by atoms with E-state index in [9.17, 15) is 17.6 Å². The Morgan fingerprint density at radius 2 is 2.08 bits per heavy atom. The van der Waals surface area contributed by atoms with Crippen molar-refractivity contribution in [2.24, 2.45) is 0 Å². The summed E-state index contributed by atoms with van der Waals surface area (Å²) >= 11 is 0. The lowest BCUT2D eigenvalue weighted by Gasteiger charge is -2.18. The molecule has 1 aliphatic heterocycles. The zero-order valence-corrected chi connectivity index (χ0v) is 15.2. The van der Waals surface area contributed by atoms with Crippen LogP contribution in [0.3, 0.4) is 0 Å². The van der Waals surface area contributed by atoms with Crippen LogP contribution in [0.4, 0.5) is 4.39 Å². The molecule has 7 heteroatoms. The molecule has 0 radical (unpaired) electrons. The number of hydrogen-bond acceptors (Lipinski definition) is 4. The predicted molar refractivity (Wildman–Crippen MR) is 96.3 cm³/mol. The highest BCUT2D eigenvalue weighted by atomic mass is 32.2. The van der Waals surface area contributed by atoms with Crippen LogP contribution in [0.2, 0.25) is 0 Å². The first-order valence-electron chi connectivity index (χ1n) is 8.31. The van der Waals surface area contributed by atoms with Crippen molar-refractivity contribution in [3.8, 4) is 5.75 Å². The van der Waals surface area contributed by atoms with Gasteiger partial charge in [0.15, 0.2) is 9.84 Å². The highest BCUT2D eigenvalue weighted by Crippen LogP contribution is 2.32. The van der Waals surface area contributed by atoms with Gasteiger partial charge in [-0.05, 0) is 48.7 Å². The van der Waals surface area contributed by atoms with E-state index in [0.717, 1.165) is 12.7 Å². The zero-order chi connectivity index (χ0) is 18.7. The number of benzene rings is 2. The maximum absolute atomic E-state index is 13.6. The topological polar surface area (TPSA) is 72.5 Å². The van der Waals surface area contributed by atoms with Crippen molar-refractivity contribution in [2.45, 2.75) is 24.6 Å². The van der Waals surface area contributed by atoms with Crippen molar-refractivity contribution < 1.29 is 22.3 Å². The highest BCUT2D eigenvalue weighted by Gasteiger charge is 2.23. The van der Waals surface area contributed by atoms with Gasteiger partial charge in [-0.15, -0.1) is 0 Å². The molecule has 26 heavy (non-hydrogen) atoms. The quantitative estimate of drug-likeness (QED) is 0.889. The second-order valence-corrected chi connectivity index (χ2v) is 8.61. The average molecular weight is 377 g/mol. The normalized spacial score (nSPS) is 16.9. The summed E-state index contributed by atoms with van der Waals surface area (Å²) in [5, 5.41) is 2.91. The number of amides is 1. The van der Waals surface area contributed by atoms with Crippen molar-refractivity contribution in [1.29, 1.82) is 0 Å². The van der Waals surface area contributed by atoms with E-state index in [4.69, 9.17) is 4.74 Å². The summed E-state index contributed by atoms with van der Waals surface area (Å²) < 4.78 is 42.2. The molecule has 0 fully saturated rings. The Labute approximate surface area is 152 Å². The molecule has 0 unspecified atom stereocenters. The van der Waals surface area contributed by atoms with E-state index in [1.165, 1.54) is 12.1 Å². The van der Waals surface area contributed by atoms with Crippen molar-refractivity contribution in [1.82, 2.24) is 5.32 Å². The number of halogens is 1. The van der Waals surface area contributed by atoms with E-state index in [2.05, 4.69) is 5.32 Å². The van der Waals surface area contributed by atoms with E-state index in [1.807, 2.05) is 0 Å². The van der Waals surface area contributed by atoms with E-state index < -0.39 is 9.84 Å². The van der Waals surface area contributed by atoms with E-state index in [1.54, 1.807) is 30.3 Å². The molecule has 138 valence electrons. The SMILES string of the molecule is CS(=O)(=O)Cc1cccc(C(=O)N[C@H]2CCCOc3ccc(F)cc32)c1. The predicted octanol–water partition coefficient (Wildman–Crippen LogP) is 3.01. The van der Waals surface area contributed by atoms with Crippen LogP contribution in [0.25, 0.3) is 0 Å².